The zero-order chi connectivity index (χ0) is 13.9. The zero-order valence-electron chi connectivity index (χ0n) is 11.5. The first kappa shape index (κ1) is 13.1. The van der Waals surface area contributed by atoms with E-state index in [0.717, 1.165) is 18.4 Å². The highest BCUT2D eigenvalue weighted by molar-refractivity contribution is 5.84. The third-order valence-electron chi connectivity index (χ3n) is 4.20. The molecule has 1 amide bonds. The molecule has 1 unspecified atom stereocenters. The van der Waals surface area contributed by atoms with Crippen LogP contribution >= 0.6 is 0 Å². The summed E-state index contributed by atoms with van der Waals surface area (Å²) in [5.41, 5.74) is 6.92. The third-order valence-corrected chi connectivity index (χ3v) is 4.20. The summed E-state index contributed by atoms with van der Waals surface area (Å²) in [5, 5.41) is 5.47. The fourth-order valence-corrected chi connectivity index (χ4v) is 2.66. The lowest BCUT2D eigenvalue weighted by Gasteiger charge is -2.27. The Bertz CT molecular complexity index is 619. The van der Waals surface area contributed by atoms with Crippen molar-refractivity contribution in [3.8, 4) is 0 Å². The molecule has 1 saturated carbocycles. The normalized spacial score (nSPS) is 16.6. The van der Waals surface area contributed by atoms with Crippen molar-refractivity contribution in [1.29, 1.82) is 0 Å². The molecule has 0 bridgehead atoms. The van der Waals surface area contributed by atoms with Crippen LogP contribution in [0.25, 0.3) is 10.8 Å². The molecule has 0 radical (unpaired) electrons. The topological polar surface area (TPSA) is 55.1 Å². The van der Waals surface area contributed by atoms with Crippen LogP contribution in [0.4, 0.5) is 0 Å². The summed E-state index contributed by atoms with van der Waals surface area (Å²) in [6, 6.07) is 14.4. The van der Waals surface area contributed by atoms with E-state index in [1.807, 2.05) is 12.1 Å². The maximum atomic E-state index is 12.1. The van der Waals surface area contributed by atoms with E-state index in [9.17, 15) is 4.79 Å². The highest BCUT2D eigenvalue weighted by atomic mass is 16.2. The van der Waals surface area contributed by atoms with Gasteiger partial charge in [-0.05, 0) is 35.2 Å². The molecule has 104 valence electrons. The maximum Gasteiger partial charge on any atom is 0.223 e. The van der Waals surface area contributed by atoms with Crippen molar-refractivity contribution in [1.82, 2.24) is 5.32 Å². The molecule has 3 heteroatoms. The number of amides is 1. The molecule has 0 spiro atoms. The average Bonchev–Trinajstić information content (AvgIpc) is 2.42. The molecule has 3 nitrogen and oxygen atoms in total. The quantitative estimate of drug-likeness (QED) is 0.896. The van der Waals surface area contributed by atoms with E-state index in [2.05, 4.69) is 35.6 Å². The fraction of sp³-hybridized carbons (Fsp3) is 0.353. The van der Waals surface area contributed by atoms with Gasteiger partial charge in [0, 0.05) is 12.5 Å². The molecule has 2 aromatic rings. The van der Waals surface area contributed by atoms with Gasteiger partial charge in [0.25, 0.3) is 0 Å². The highest BCUT2D eigenvalue weighted by Crippen LogP contribution is 2.27. The monoisotopic (exact) mass is 268 g/mol. The molecule has 0 heterocycles. The molecular weight excluding hydrogens is 248 g/mol. The molecule has 1 atom stereocenters. The lowest BCUT2D eigenvalue weighted by Crippen LogP contribution is -2.39. The van der Waals surface area contributed by atoms with Gasteiger partial charge in [-0.2, -0.15) is 0 Å². The Morgan fingerprint density at radius 2 is 1.95 bits per heavy atom. The summed E-state index contributed by atoms with van der Waals surface area (Å²) in [5.74, 6) is 0.351. The van der Waals surface area contributed by atoms with Crippen LogP contribution < -0.4 is 11.1 Å². The fourth-order valence-electron chi connectivity index (χ4n) is 2.66. The van der Waals surface area contributed by atoms with Crippen molar-refractivity contribution < 1.29 is 4.79 Å². The number of fused-ring (bicyclic) bond motifs is 1. The number of carbonyl (C=O) groups is 1. The summed E-state index contributed by atoms with van der Waals surface area (Å²) in [6.07, 6.45) is 3.20. The summed E-state index contributed by atoms with van der Waals surface area (Å²) < 4.78 is 0. The minimum absolute atomic E-state index is 0.0901. The van der Waals surface area contributed by atoms with E-state index >= 15 is 0 Å². The first-order chi connectivity index (χ1) is 9.78. The van der Waals surface area contributed by atoms with Crippen molar-refractivity contribution in [3.05, 3.63) is 48.0 Å². The van der Waals surface area contributed by atoms with Crippen molar-refractivity contribution in [2.75, 3.05) is 6.54 Å². The molecule has 3 rings (SSSR count). The van der Waals surface area contributed by atoms with Crippen molar-refractivity contribution in [2.24, 2.45) is 11.7 Å². The second kappa shape index (κ2) is 5.63. The molecular formula is C17H20N2O. The molecule has 20 heavy (non-hydrogen) atoms. The largest absolute Gasteiger partial charge is 0.348 e. The van der Waals surface area contributed by atoms with Crippen LogP contribution in [0.1, 0.15) is 30.9 Å². The minimum atomic E-state index is -0.0901. The van der Waals surface area contributed by atoms with Gasteiger partial charge in [-0.25, -0.2) is 0 Å². The van der Waals surface area contributed by atoms with Crippen molar-refractivity contribution >= 4 is 16.7 Å². The second-order valence-electron chi connectivity index (χ2n) is 5.53. The van der Waals surface area contributed by atoms with Gasteiger partial charge in [0.05, 0.1) is 6.04 Å². The van der Waals surface area contributed by atoms with Gasteiger partial charge >= 0.3 is 0 Å². The summed E-state index contributed by atoms with van der Waals surface area (Å²) in [6.45, 7) is 0.427. The number of hydrogen-bond acceptors (Lipinski definition) is 2. The van der Waals surface area contributed by atoms with Crippen LogP contribution in [0, 0.1) is 5.92 Å². The predicted octanol–water partition coefficient (Wildman–Crippen LogP) is 2.76. The molecule has 0 aromatic heterocycles. The predicted molar refractivity (Wildman–Crippen MR) is 81.2 cm³/mol. The first-order valence-electron chi connectivity index (χ1n) is 7.27. The van der Waals surface area contributed by atoms with E-state index in [0.29, 0.717) is 6.54 Å². The Kier molecular flexibility index (Phi) is 3.70. The Morgan fingerprint density at radius 3 is 2.60 bits per heavy atom. The van der Waals surface area contributed by atoms with E-state index in [1.54, 1.807) is 0 Å². The van der Waals surface area contributed by atoms with Gasteiger partial charge in [0.15, 0.2) is 0 Å². The van der Waals surface area contributed by atoms with E-state index in [1.165, 1.54) is 17.2 Å². The number of hydrogen-bond donors (Lipinski definition) is 2. The number of benzene rings is 2. The van der Waals surface area contributed by atoms with E-state index < -0.39 is 0 Å². The van der Waals surface area contributed by atoms with Gasteiger partial charge in [-0.3, -0.25) is 4.79 Å². The molecule has 2 aromatic carbocycles. The van der Waals surface area contributed by atoms with Crippen LogP contribution in [0.3, 0.4) is 0 Å². The highest BCUT2D eigenvalue weighted by Gasteiger charge is 2.26. The molecule has 1 aliphatic rings. The third kappa shape index (κ3) is 2.54. The lowest BCUT2D eigenvalue weighted by molar-refractivity contribution is -0.128. The van der Waals surface area contributed by atoms with Crippen LogP contribution in [-0.2, 0) is 4.79 Å². The Hall–Kier alpha value is -1.87. The number of carbonyl (C=O) groups excluding carboxylic acids is 1. The number of nitrogens with one attached hydrogen (secondary N) is 1. The van der Waals surface area contributed by atoms with Gasteiger partial charge in [0.2, 0.25) is 5.91 Å². The van der Waals surface area contributed by atoms with Crippen LogP contribution in [0.15, 0.2) is 42.5 Å². The molecule has 3 N–H and O–H groups in total. The lowest BCUT2D eigenvalue weighted by atomic mass is 9.84. The van der Waals surface area contributed by atoms with Crippen molar-refractivity contribution in [3.63, 3.8) is 0 Å². The molecule has 1 aliphatic carbocycles. The molecule has 0 saturated heterocycles. The first-order valence-corrected chi connectivity index (χ1v) is 7.27. The number of rotatable bonds is 4. The summed E-state index contributed by atoms with van der Waals surface area (Å²) in [4.78, 5) is 12.1. The Morgan fingerprint density at radius 1 is 1.20 bits per heavy atom. The standard InChI is InChI=1S/C17H20N2O/c18-11-16(19-17(20)13-6-3-7-13)15-9-8-12-4-1-2-5-14(12)10-15/h1-2,4-5,8-10,13,16H,3,6-7,11,18H2,(H,19,20). The van der Waals surface area contributed by atoms with Crippen LogP contribution in [0.5, 0.6) is 0 Å². The van der Waals surface area contributed by atoms with Crippen LogP contribution in [0.2, 0.25) is 0 Å². The van der Waals surface area contributed by atoms with Gasteiger partial charge in [-0.15, -0.1) is 0 Å². The van der Waals surface area contributed by atoms with E-state index in [-0.39, 0.29) is 17.9 Å². The van der Waals surface area contributed by atoms with Crippen molar-refractivity contribution in [2.45, 2.75) is 25.3 Å². The van der Waals surface area contributed by atoms with Crippen LogP contribution in [-0.4, -0.2) is 12.5 Å². The summed E-state index contributed by atoms with van der Waals surface area (Å²) in [7, 11) is 0. The molecule has 1 fully saturated rings. The number of nitrogens with two attached hydrogens (primary N) is 1. The van der Waals surface area contributed by atoms with Gasteiger partial charge < -0.3 is 11.1 Å². The van der Waals surface area contributed by atoms with Gasteiger partial charge in [-0.1, -0.05) is 42.8 Å². The second-order valence-corrected chi connectivity index (χ2v) is 5.53. The Labute approximate surface area is 119 Å². The van der Waals surface area contributed by atoms with E-state index in [4.69, 9.17) is 5.73 Å². The molecule has 0 aliphatic heterocycles. The summed E-state index contributed by atoms with van der Waals surface area (Å²) >= 11 is 0. The van der Waals surface area contributed by atoms with Gasteiger partial charge in [0.1, 0.15) is 0 Å². The smallest absolute Gasteiger partial charge is 0.223 e. The Balaban J connectivity index is 1.81. The average molecular weight is 268 g/mol. The minimum Gasteiger partial charge on any atom is -0.348 e. The maximum absolute atomic E-state index is 12.1. The zero-order valence-corrected chi connectivity index (χ0v) is 11.5. The SMILES string of the molecule is NCC(NC(=O)C1CCC1)c1ccc2ccccc2c1.